The van der Waals surface area contributed by atoms with Crippen molar-refractivity contribution in [3.8, 4) is 11.5 Å². The minimum Gasteiger partial charge on any atom is -0.497 e. The molecule has 0 heterocycles. The molecule has 1 saturated carbocycles. The van der Waals surface area contributed by atoms with Gasteiger partial charge in [-0.05, 0) is 31.4 Å². The molecule has 1 aliphatic rings. The minimum absolute atomic E-state index is 0.0791. The third-order valence-corrected chi connectivity index (χ3v) is 3.25. The van der Waals surface area contributed by atoms with Crippen LogP contribution in [0.2, 0.25) is 0 Å². The Bertz CT molecular complexity index is 351. The number of methoxy groups -OCH3 is 1. The molecule has 17 heavy (non-hydrogen) atoms. The van der Waals surface area contributed by atoms with E-state index in [1.807, 2.05) is 24.3 Å². The number of aliphatic hydroxyl groups excluding tert-OH is 1. The summed E-state index contributed by atoms with van der Waals surface area (Å²) in [7, 11) is 1.64. The lowest BCUT2D eigenvalue weighted by molar-refractivity contribution is 0.0318. The second-order valence-electron chi connectivity index (χ2n) is 4.54. The van der Waals surface area contributed by atoms with Gasteiger partial charge in [-0.25, -0.2) is 0 Å². The largest absolute Gasteiger partial charge is 0.497 e. The van der Waals surface area contributed by atoms with Crippen molar-refractivity contribution in [1.82, 2.24) is 0 Å². The van der Waals surface area contributed by atoms with Crippen molar-refractivity contribution in [1.29, 1.82) is 0 Å². The highest BCUT2D eigenvalue weighted by atomic mass is 16.5. The Balaban J connectivity index is 2.02. The Kier molecular flexibility index (Phi) is 4.26. The van der Waals surface area contributed by atoms with Gasteiger partial charge in [-0.2, -0.15) is 0 Å². The van der Waals surface area contributed by atoms with Gasteiger partial charge in [0.15, 0.2) is 0 Å². The smallest absolute Gasteiger partial charge is 0.124 e. The lowest BCUT2D eigenvalue weighted by Crippen LogP contribution is -2.30. The Morgan fingerprint density at radius 2 is 1.88 bits per heavy atom. The normalized spacial score (nSPS) is 25.1. The van der Waals surface area contributed by atoms with E-state index >= 15 is 0 Å². The number of benzene rings is 1. The molecule has 1 fully saturated rings. The summed E-state index contributed by atoms with van der Waals surface area (Å²) >= 11 is 0. The lowest BCUT2D eigenvalue weighted by atomic mass is 10.1. The molecule has 94 valence electrons. The number of hydrogen-bond acceptors (Lipinski definition) is 3. The summed E-state index contributed by atoms with van der Waals surface area (Å²) in [5.74, 6) is 1.56. The van der Waals surface area contributed by atoms with Gasteiger partial charge in [-0.1, -0.05) is 18.9 Å². The van der Waals surface area contributed by atoms with E-state index in [9.17, 15) is 5.11 Å². The maximum Gasteiger partial charge on any atom is 0.124 e. The van der Waals surface area contributed by atoms with Crippen molar-refractivity contribution < 1.29 is 14.6 Å². The fourth-order valence-electron chi connectivity index (χ4n) is 2.24. The molecule has 0 radical (unpaired) electrons. The Morgan fingerprint density at radius 3 is 2.71 bits per heavy atom. The first-order chi connectivity index (χ1) is 8.29. The van der Waals surface area contributed by atoms with Crippen LogP contribution in [0.1, 0.15) is 32.1 Å². The molecule has 3 heteroatoms. The average molecular weight is 236 g/mol. The summed E-state index contributed by atoms with van der Waals surface area (Å²) < 4.78 is 11.0. The molecule has 1 N–H and O–H groups in total. The molecular weight excluding hydrogens is 216 g/mol. The van der Waals surface area contributed by atoms with E-state index in [0.29, 0.717) is 0 Å². The number of ether oxygens (including phenoxy) is 2. The van der Waals surface area contributed by atoms with Crippen LogP contribution in [-0.2, 0) is 0 Å². The van der Waals surface area contributed by atoms with Crippen LogP contribution in [0.5, 0.6) is 11.5 Å². The standard InChI is InChI=1S/C14H20O3/c1-16-11-6-5-7-12(10-11)17-14-9-4-2-3-8-13(14)15/h5-7,10,13-15H,2-4,8-9H2,1H3. The molecule has 2 atom stereocenters. The summed E-state index contributed by atoms with van der Waals surface area (Å²) in [5.41, 5.74) is 0. The molecule has 1 aromatic rings. The lowest BCUT2D eigenvalue weighted by Gasteiger charge is -2.22. The first-order valence-corrected chi connectivity index (χ1v) is 6.28. The molecule has 0 bridgehead atoms. The zero-order valence-corrected chi connectivity index (χ0v) is 10.3. The predicted octanol–water partition coefficient (Wildman–Crippen LogP) is 2.77. The van der Waals surface area contributed by atoms with Gasteiger partial charge in [-0.15, -0.1) is 0 Å². The maximum absolute atomic E-state index is 9.98. The van der Waals surface area contributed by atoms with Crippen LogP contribution in [0.3, 0.4) is 0 Å². The molecule has 0 aliphatic heterocycles. The van der Waals surface area contributed by atoms with Gasteiger partial charge in [0.1, 0.15) is 17.6 Å². The molecular formula is C14H20O3. The van der Waals surface area contributed by atoms with Crippen molar-refractivity contribution in [2.24, 2.45) is 0 Å². The first kappa shape index (κ1) is 12.2. The molecule has 2 rings (SSSR count). The zero-order valence-electron chi connectivity index (χ0n) is 10.3. The maximum atomic E-state index is 9.98. The Hall–Kier alpha value is -1.22. The SMILES string of the molecule is COc1cccc(OC2CCCCCC2O)c1. The van der Waals surface area contributed by atoms with Crippen molar-refractivity contribution in [2.45, 2.75) is 44.3 Å². The Labute approximate surface area is 102 Å². The van der Waals surface area contributed by atoms with Crippen LogP contribution in [0.25, 0.3) is 0 Å². The van der Waals surface area contributed by atoms with Gasteiger partial charge in [0, 0.05) is 6.07 Å². The molecule has 1 aliphatic carbocycles. The van der Waals surface area contributed by atoms with Crippen LogP contribution in [0, 0.1) is 0 Å². The molecule has 0 amide bonds. The first-order valence-electron chi connectivity index (χ1n) is 6.28. The van der Waals surface area contributed by atoms with Crippen molar-refractivity contribution in [2.75, 3.05) is 7.11 Å². The van der Waals surface area contributed by atoms with Crippen molar-refractivity contribution in [3.63, 3.8) is 0 Å². The third kappa shape index (κ3) is 3.37. The van der Waals surface area contributed by atoms with Gasteiger partial charge in [-0.3, -0.25) is 0 Å². The van der Waals surface area contributed by atoms with E-state index in [1.165, 1.54) is 6.42 Å². The summed E-state index contributed by atoms with van der Waals surface area (Å²) in [5, 5.41) is 9.98. The number of hydrogen-bond donors (Lipinski definition) is 1. The summed E-state index contributed by atoms with van der Waals surface area (Å²) in [6.07, 6.45) is 4.76. The van der Waals surface area contributed by atoms with E-state index in [4.69, 9.17) is 9.47 Å². The summed E-state index contributed by atoms with van der Waals surface area (Å²) in [4.78, 5) is 0. The van der Waals surface area contributed by atoms with Crippen LogP contribution in [0.4, 0.5) is 0 Å². The number of rotatable bonds is 3. The highest BCUT2D eigenvalue weighted by Crippen LogP contribution is 2.25. The highest BCUT2D eigenvalue weighted by molar-refractivity contribution is 5.33. The van der Waals surface area contributed by atoms with Gasteiger partial charge in [0.25, 0.3) is 0 Å². The van der Waals surface area contributed by atoms with Gasteiger partial charge in [0.2, 0.25) is 0 Å². The molecule has 3 nitrogen and oxygen atoms in total. The predicted molar refractivity (Wildman–Crippen MR) is 66.5 cm³/mol. The molecule has 1 aromatic carbocycles. The van der Waals surface area contributed by atoms with Gasteiger partial charge >= 0.3 is 0 Å². The van der Waals surface area contributed by atoms with Gasteiger partial charge < -0.3 is 14.6 Å². The summed E-state index contributed by atoms with van der Waals surface area (Å²) in [6.45, 7) is 0. The monoisotopic (exact) mass is 236 g/mol. The van der Waals surface area contributed by atoms with E-state index in [1.54, 1.807) is 7.11 Å². The molecule has 2 unspecified atom stereocenters. The Morgan fingerprint density at radius 1 is 1.12 bits per heavy atom. The van der Waals surface area contributed by atoms with E-state index in [0.717, 1.165) is 37.2 Å². The van der Waals surface area contributed by atoms with Crippen LogP contribution in [-0.4, -0.2) is 24.4 Å². The average Bonchev–Trinajstić information content (AvgIpc) is 2.55. The van der Waals surface area contributed by atoms with E-state index < -0.39 is 0 Å². The topological polar surface area (TPSA) is 38.7 Å². The minimum atomic E-state index is -0.344. The number of aliphatic hydroxyl groups is 1. The van der Waals surface area contributed by atoms with Crippen molar-refractivity contribution >= 4 is 0 Å². The second kappa shape index (κ2) is 5.92. The van der Waals surface area contributed by atoms with E-state index in [-0.39, 0.29) is 12.2 Å². The summed E-state index contributed by atoms with van der Waals surface area (Å²) in [6, 6.07) is 7.55. The van der Waals surface area contributed by atoms with Crippen LogP contribution >= 0.6 is 0 Å². The quantitative estimate of drug-likeness (QED) is 0.820. The fourth-order valence-corrected chi connectivity index (χ4v) is 2.24. The van der Waals surface area contributed by atoms with Gasteiger partial charge in [0.05, 0.1) is 13.2 Å². The van der Waals surface area contributed by atoms with E-state index in [2.05, 4.69) is 0 Å². The zero-order chi connectivity index (χ0) is 12.1. The molecule has 0 spiro atoms. The second-order valence-corrected chi connectivity index (χ2v) is 4.54. The third-order valence-electron chi connectivity index (χ3n) is 3.25. The van der Waals surface area contributed by atoms with Crippen LogP contribution in [0.15, 0.2) is 24.3 Å². The molecule has 0 aromatic heterocycles. The highest BCUT2D eigenvalue weighted by Gasteiger charge is 2.23. The van der Waals surface area contributed by atoms with Crippen molar-refractivity contribution in [3.05, 3.63) is 24.3 Å². The van der Waals surface area contributed by atoms with Crippen LogP contribution < -0.4 is 9.47 Å². The molecule has 0 saturated heterocycles. The fraction of sp³-hybridized carbons (Fsp3) is 0.571.